The summed E-state index contributed by atoms with van der Waals surface area (Å²) in [6, 6.07) is 7.50. The minimum absolute atomic E-state index is 0.0106. The van der Waals surface area contributed by atoms with Gasteiger partial charge in [0.25, 0.3) is 0 Å². The van der Waals surface area contributed by atoms with E-state index in [1.165, 1.54) is 0 Å². The summed E-state index contributed by atoms with van der Waals surface area (Å²) >= 11 is 0. The third kappa shape index (κ3) is 2.32. The molecule has 1 aromatic heterocycles. The zero-order valence-corrected chi connectivity index (χ0v) is 10.1. The first kappa shape index (κ1) is 12.1. The molecule has 0 radical (unpaired) electrons. The van der Waals surface area contributed by atoms with E-state index >= 15 is 0 Å². The first-order chi connectivity index (χ1) is 8.61. The summed E-state index contributed by atoms with van der Waals surface area (Å²) in [6.45, 7) is 2.17. The first-order valence-electron chi connectivity index (χ1n) is 5.38. The Kier molecular flexibility index (Phi) is 3.27. The molecule has 18 heavy (non-hydrogen) atoms. The van der Waals surface area contributed by atoms with Crippen LogP contribution in [-0.2, 0) is 6.54 Å². The Morgan fingerprint density at radius 1 is 1.39 bits per heavy atom. The molecule has 0 fully saturated rings. The summed E-state index contributed by atoms with van der Waals surface area (Å²) in [4.78, 5) is 10.8. The van der Waals surface area contributed by atoms with E-state index in [9.17, 15) is 4.79 Å². The summed E-state index contributed by atoms with van der Waals surface area (Å²) in [7, 11) is 1.61. The molecular formula is C12H13N3O3. The van der Waals surface area contributed by atoms with Gasteiger partial charge in [0, 0.05) is 0 Å². The number of hydrogen-bond acceptors (Lipinski definition) is 4. The van der Waals surface area contributed by atoms with Gasteiger partial charge in [-0.2, -0.15) is 0 Å². The Bertz CT molecular complexity index is 560. The Morgan fingerprint density at radius 2 is 2.06 bits per heavy atom. The average molecular weight is 247 g/mol. The van der Waals surface area contributed by atoms with Gasteiger partial charge in [-0.25, -0.2) is 9.48 Å². The van der Waals surface area contributed by atoms with E-state index in [0.717, 1.165) is 11.3 Å². The predicted octanol–water partition coefficient (Wildman–Crippen LogP) is 1.34. The van der Waals surface area contributed by atoms with Crippen LogP contribution < -0.4 is 4.74 Å². The van der Waals surface area contributed by atoms with Crippen LogP contribution in [0.5, 0.6) is 5.75 Å². The molecule has 1 N–H and O–H groups in total. The van der Waals surface area contributed by atoms with Crippen molar-refractivity contribution >= 4 is 5.97 Å². The molecule has 0 aliphatic rings. The zero-order chi connectivity index (χ0) is 13.1. The molecule has 0 spiro atoms. The van der Waals surface area contributed by atoms with Gasteiger partial charge in [0.1, 0.15) is 5.75 Å². The van der Waals surface area contributed by atoms with Crippen LogP contribution in [-0.4, -0.2) is 33.2 Å². The van der Waals surface area contributed by atoms with Gasteiger partial charge in [-0.1, -0.05) is 17.3 Å². The number of benzene rings is 1. The number of carboxylic acid groups (broad SMARTS) is 1. The summed E-state index contributed by atoms with van der Waals surface area (Å²) in [6.07, 6.45) is 0. The number of hydrogen-bond donors (Lipinski definition) is 1. The largest absolute Gasteiger partial charge is 0.497 e. The van der Waals surface area contributed by atoms with Gasteiger partial charge in [-0.05, 0) is 24.6 Å². The topological polar surface area (TPSA) is 77.2 Å². The van der Waals surface area contributed by atoms with Crippen LogP contribution in [0.2, 0.25) is 0 Å². The lowest BCUT2D eigenvalue weighted by Gasteiger charge is -2.05. The van der Waals surface area contributed by atoms with E-state index in [1.54, 1.807) is 18.7 Å². The molecular weight excluding hydrogens is 234 g/mol. The SMILES string of the molecule is COc1ccc(Cn2nnc(C(=O)O)c2C)cc1. The fourth-order valence-electron chi connectivity index (χ4n) is 1.61. The monoisotopic (exact) mass is 247 g/mol. The van der Waals surface area contributed by atoms with Gasteiger partial charge >= 0.3 is 5.97 Å². The number of carbonyl (C=O) groups is 1. The molecule has 1 aromatic carbocycles. The van der Waals surface area contributed by atoms with Crippen molar-refractivity contribution < 1.29 is 14.6 Å². The molecule has 1 heterocycles. The highest BCUT2D eigenvalue weighted by Crippen LogP contribution is 2.13. The van der Waals surface area contributed by atoms with Crippen LogP contribution in [0.3, 0.4) is 0 Å². The summed E-state index contributed by atoms with van der Waals surface area (Å²) < 4.78 is 6.63. The lowest BCUT2D eigenvalue weighted by molar-refractivity contribution is 0.0689. The summed E-state index contributed by atoms with van der Waals surface area (Å²) in [5.74, 6) is -0.284. The molecule has 0 aliphatic carbocycles. The highest BCUT2D eigenvalue weighted by Gasteiger charge is 2.14. The van der Waals surface area contributed by atoms with Gasteiger partial charge in [0.05, 0.1) is 19.3 Å². The molecule has 6 nitrogen and oxygen atoms in total. The van der Waals surface area contributed by atoms with Crippen molar-refractivity contribution in [3.63, 3.8) is 0 Å². The number of rotatable bonds is 4. The van der Waals surface area contributed by atoms with Gasteiger partial charge in [0.2, 0.25) is 0 Å². The van der Waals surface area contributed by atoms with E-state index < -0.39 is 5.97 Å². The van der Waals surface area contributed by atoms with Crippen molar-refractivity contribution in [2.75, 3.05) is 7.11 Å². The van der Waals surface area contributed by atoms with Crippen LogP contribution >= 0.6 is 0 Å². The Hall–Kier alpha value is -2.37. The maximum Gasteiger partial charge on any atom is 0.358 e. The minimum atomic E-state index is -1.06. The second kappa shape index (κ2) is 4.87. The van der Waals surface area contributed by atoms with Crippen LogP contribution in [0, 0.1) is 6.92 Å². The number of carboxylic acids is 1. The maximum atomic E-state index is 10.8. The number of aromatic carboxylic acids is 1. The van der Waals surface area contributed by atoms with E-state index in [4.69, 9.17) is 9.84 Å². The van der Waals surface area contributed by atoms with Crippen molar-refractivity contribution in [1.29, 1.82) is 0 Å². The van der Waals surface area contributed by atoms with Crippen molar-refractivity contribution in [1.82, 2.24) is 15.0 Å². The lowest BCUT2D eigenvalue weighted by atomic mass is 10.2. The Balaban J connectivity index is 2.20. The average Bonchev–Trinajstić information content (AvgIpc) is 2.72. The predicted molar refractivity (Wildman–Crippen MR) is 63.8 cm³/mol. The normalized spacial score (nSPS) is 10.3. The van der Waals surface area contributed by atoms with E-state index in [0.29, 0.717) is 12.2 Å². The van der Waals surface area contributed by atoms with Gasteiger partial charge in [-0.3, -0.25) is 0 Å². The number of nitrogens with zero attached hydrogens (tertiary/aromatic N) is 3. The fraction of sp³-hybridized carbons (Fsp3) is 0.250. The molecule has 2 aromatic rings. The van der Waals surface area contributed by atoms with Crippen molar-refractivity contribution in [2.24, 2.45) is 0 Å². The summed E-state index contributed by atoms with van der Waals surface area (Å²) in [5.41, 5.74) is 1.53. The highest BCUT2D eigenvalue weighted by atomic mass is 16.5. The Morgan fingerprint density at radius 3 is 2.56 bits per heavy atom. The molecule has 6 heteroatoms. The van der Waals surface area contributed by atoms with E-state index in [1.807, 2.05) is 24.3 Å². The van der Waals surface area contributed by atoms with Crippen molar-refractivity contribution in [3.05, 3.63) is 41.2 Å². The second-order valence-electron chi connectivity index (χ2n) is 3.83. The van der Waals surface area contributed by atoms with Gasteiger partial charge in [-0.15, -0.1) is 5.10 Å². The van der Waals surface area contributed by atoms with Gasteiger partial charge < -0.3 is 9.84 Å². The molecule has 94 valence electrons. The zero-order valence-electron chi connectivity index (χ0n) is 10.1. The summed E-state index contributed by atoms with van der Waals surface area (Å²) in [5, 5.41) is 16.3. The standard InChI is InChI=1S/C12H13N3O3/c1-8-11(12(16)17)13-14-15(8)7-9-3-5-10(18-2)6-4-9/h3-6H,7H2,1-2H3,(H,16,17). The quantitative estimate of drug-likeness (QED) is 0.882. The molecule has 0 atom stereocenters. The molecule has 0 saturated heterocycles. The molecule has 0 amide bonds. The minimum Gasteiger partial charge on any atom is -0.497 e. The molecule has 2 rings (SSSR count). The Labute approximate surface area is 104 Å². The number of methoxy groups -OCH3 is 1. The van der Waals surface area contributed by atoms with Crippen LogP contribution in [0.25, 0.3) is 0 Å². The molecule has 0 aliphatic heterocycles. The van der Waals surface area contributed by atoms with E-state index in [2.05, 4.69) is 10.3 Å². The number of ether oxygens (including phenoxy) is 1. The van der Waals surface area contributed by atoms with Gasteiger partial charge in [0.15, 0.2) is 5.69 Å². The third-order valence-electron chi connectivity index (χ3n) is 2.68. The first-order valence-corrected chi connectivity index (χ1v) is 5.38. The fourth-order valence-corrected chi connectivity index (χ4v) is 1.61. The van der Waals surface area contributed by atoms with Crippen LogP contribution in [0.15, 0.2) is 24.3 Å². The highest BCUT2D eigenvalue weighted by molar-refractivity contribution is 5.86. The maximum absolute atomic E-state index is 10.8. The van der Waals surface area contributed by atoms with Crippen molar-refractivity contribution in [3.8, 4) is 5.75 Å². The molecule has 0 saturated carbocycles. The lowest BCUT2D eigenvalue weighted by Crippen LogP contribution is -2.05. The smallest absolute Gasteiger partial charge is 0.358 e. The van der Waals surface area contributed by atoms with Crippen LogP contribution in [0.1, 0.15) is 21.7 Å². The third-order valence-corrected chi connectivity index (χ3v) is 2.68. The van der Waals surface area contributed by atoms with E-state index in [-0.39, 0.29) is 5.69 Å². The molecule has 0 bridgehead atoms. The van der Waals surface area contributed by atoms with Crippen LogP contribution in [0.4, 0.5) is 0 Å². The second-order valence-corrected chi connectivity index (χ2v) is 3.83. The number of aromatic nitrogens is 3. The van der Waals surface area contributed by atoms with Crippen molar-refractivity contribution in [2.45, 2.75) is 13.5 Å². The molecule has 0 unspecified atom stereocenters.